The summed E-state index contributed by atoms with van der Waals surface area (Å²) in [5.74, 6) is 0.797. The van der Waals surface area contributed by atoms with Crippen LogP contribution in [-0.2, 0) is 9.59 Å². The monoisotopic (exact) mass is 386 g/mol. The van der Waals surface area contributed by atoms with Crippen LogP contribution in [0.5, 0.6) is 5.75 Å². The molecule has 0 aliphatic heterocycles. The van der Waals surface area contributed by atoms with Crippen molar-refractivity contribution in [2.24, 2.45) is 0 Å². The molecule has 1 N–H and O–H groups in total. The molecule has 144 valence electrons. The number of ether oxygens (including phenoxy) is 1. The molecule has 0 saturated heterocycles. The van der Waals surface area contributed by atoms with Gasteiger partial charge in [-0.25, -0.2) is 0 Å². The van der Waals surface area contributed by atoms with Gasteiger partial charge >= 0.3 is 0 Å². The van der Waals surface area contributed by atoms with Gasteiger partial charge in [-0.15, -0.1) is 11.8 Å². The standard InChI is InChI=1S/C21H26N2O3S/c1-5-26-17-9-11-18(12-10-17)27-14-21(25)23(4)13-20(24)22-19-8-6-7-15(2)16(19)3/h6-12H,5,13-14H2,1-4H3,(H,22,24). The van der Waals surface area contributed by atoms with Gasteiger partial charge in [0.15, 0.2) is 0 Å². The number of hydrogen-bond donors (Lipinski definition) is 1. The van der Waals surface area contributed by atoms with Gasteiger partial charge in [-0.3, -0.25) is 9.59 Å². The zero-order valence-corrected chi connectivity index (χ0v) is 17.1. The van der Waals surface area contributed by atoms with E-state index in [1.807, 2.05) is 63.2 Å². The van der Waals surface area contributed by atoms with Crippen LogP contribution in [0.25, 0.3) is 0 Å². The van der Waals surface area contributed by atoms with E-state index in [2.05, 4.69) is 5.32 Å². The molecule has 0 aromatic heterocycles. The number of nitrogens with zero attached hydrogens (tertiary/aromatic N) is 1. The molecule has 0 bridgehead atoms. The lowest BCUT2D eigenvalue weighted by molar-refractivity contribution is -0.131. The topological polar surface area (TPSA) is 58.6 Å². The van der Waals surface area contributed by atoms with Gasteiger partial charge in [0.05, 0.1) is 18.9 Å². The highest BCUT2D eigenvalue weighted by molar-refractivity contribution is 8.00. The minimum absolute atomic E-state index is 0.0239. The number of rotatable bonds is 8. The van der Waals surface area contributed by atoms with Crippen LogP contribution < -0.4 is 10.1 Å². The highest BCUT2D eigenvalue weighted by Gasteiger charge is 2.14. The van der Waals surface area contributed by atoms with E-state index >= 15 is 0 Å². The molecular formula is C21H26N2O3S. The molecule has 2 rings (SSSR count). The average molecular weight is 387 g/mol. The summed E-state index contributed by atoms with van der Waals surface area (Å²) in [5, 5.41) is 2.88. The molecule has 27 heavy (non-hydrogen) atoms. The Bertz CT molecular complexity index is 791. The fourth-order valence-corrected chi connectivity index (χ4v) is 3.27. The third-order valence-corrected chi connectivity index (χ3v) is 5.18. The summed E-state index contributed by atoms with van der Waals surface area (Å²) in [4.78, 5) is 27.0. The third kappa shape index (κ3) is 6.32. The SMILES string of the molecule is CCOc1ccc(SCC(=O)N(C)CC(=O)Nc2cccc(C)c2C)cc1. The Balaban J connectivity index is 1.82. The van der Waals surface area contributed by atoms with Crippen molar-refractivity contribution < 1.29 is 14.3 Å². The average Bonchev–Trinajstić information content (AvgIpc) is 2.64. The maximum absolute atomic E-state index is 12.3. The molecule has 6 heteroatoms. The van der Waals surface area contributed by atoms with Crippen molar-refractivity contribution in [2.45, 2.75) is 25.7 Å². The van der Waals surface area contributed by atoms with Crippen LogP contribution in [0.3, 0.4) is 0 Å². The summed E-state index contributed by atoms with van der Waals surface area (Å²) in [6.07, 6.45) is 0. The minimum Gasteiger partial charge on any atom is -0.494 e. The summed E-state index contributed by atoms with van der Waals surface area (Å²) in [7, 11) is 1.64. The molecule has 2 aromatic carbocycles. The van der Waals surface area contributed by atoms with E-state index in [1.165, 1.54) is 16.7 Å². The summed E-state index contributed by atoms with van der Waals surface area (Å²) >= 11 is 1.44. The molecule has 0 spiro atoms. The summed E-state index contributed by atoms with van der Waals surface area (Å²) < 4.78 is 5.40. The molecule has 5 nitrogen and oxygen atoms in total. The smallest absolute Gasteiger partial charge is 0.243 e. The minimum atomic E-state index is -0.203. The number of aryl methyl sites for hydroxylation is 1. The predicted octanol–water partition coefficient (Wildman–Crippen LogP) is 3.89. The second-order valence-electron chi connectivity index (χ2n) is 6.24. The van der Waals surface area contributed by atoms with Gasteiger partial charge < -0.3 is 15.0 Å². The Labute approximate surface area is 165 Å². The van der Waals surface area contributed by atoms with Gasteiger partial charge in [-0.05, 0) is 62.2 Å². The Hall–Kier alpha value is -2.47. The molecule has 0 heterocycles. The Morgan fingerprint density at radius 3 is 2.48 bits per heavy atom. The number of hydrogen-bond acceptors (Lipinski definition) is 4. The van der Waals surface area contributed by atoms with Gasteiger partial charge in [-0.2, -0.15) is 0 Å². The van der Waals surface area contributed by atoms with Gasteiger partial charge in [0.25, 0.3) is 0 Å². The van der Waals surface area contributed by atoms with Crippen LogP contribution >= 0.6 is 11.8 Å². The van der Waals surface area contributed by atoms with Gasteiger partial charge in [0.1, 0.15) is 5.75 Å². The number of likely N-dealkylation sites (N-methyl/N-ethyl adjacent to an activating group) is 1. The first-order valence-corrected chi connectivity index (χ1v) is 9.85. The molecule has 0 fully saturated rings. The van der Waals surface area contributed by atoms with E-state index in [1.54, 1.807) is 7.05 Å². The molecule has 0 unspecified atom stereocenters. The second kappa shape index (κ2) is 10.0. The zero-order valence-electron chi connectivity index (χ0n) is 16.2. The summed E-state index contributed by atoms with van der Waals surface area (Å²) in [5.41, 5.74) is 2.93. The maximum Gasteiger partial charge on any atom is 0.243 e. The summed E-state index contributed by atoms with van der Waals surface area (Å²) in [6, 6.07) is 13.4. The molecular weight excluding hydrogens is 360 g/mol. The fraction of sp³-hybridized carbons (Fsp3) is 0.333. The van der Waals surface area contributed by atoms with Gasteiger partial charge in [0, 0.05) is 17.6 Å². The summed E-state index contributed by atoms with van der Waals surface area (Å²) in [6.45, 7) is 6.55. The maximum atomic E-state index is 12.3. The molecule has 0 radical (unpaired) electrons. The van der Waals surface area contributed by atoms with Crippen LogP contribution in [0, 0.1) is 13.8 Å². The normalized spacial score (nSPS) is 10.4. The molecule has 2 amide bonds. The lowest BCUT2D eigenvalue weighted by Gasteiger charge is -2.17. The van der Waals surface area contributed by atoms with Crippen LogP contribution in [0.4, 0.5) is 5.69 Å². The number of nitrogens with one attached hydrogen (secondary N) is 1. The van der Waals surface area contributed by atoms with E-state index in [0.717, 1.165) is 27.5 Å². The highest BCUT2D eigenvalue weighted by atomic mass is 32.2. The first kappa shape index (κ1) is 20.8. The molecule has 0 saturated carbocycles. The van der Waals surface area contributed by atoms with Crippen LogP contribution in [0.15, 0.2) is 47.4 Å². The predicted molar refractivity (Wildman–Crippen MR) is 111 cm³/mol. The Kier molecular flexibility index (Phi) is 7.73. The zero-order chi connectivity index (χ0) is 19.8. The van der Waals surface area contributed by atoms with E-state index in [-0.39, 0.29) is 24.1 Å². The van der Waals surface area contributed by atoms with E-state index < -0.39 is 0 Å². The van der Waals surface area contributed by atoms with Crippen molar-refractivity contribution in [3.8, 4) is 5.75 Å². The third-order valence-electron chi connectivity index (χ3n) is 4.18. The van der Waals surface area contributed by atoms with E-state index in [9.17, 15) is 9.59 Å². The fourth-order valence-electron chi connectivity index (χ4n) is 2.43. The van der Waals surface area contributed by atoms with Crippen LogP contribution in [-0.4, -0.2) is 42.7 Å². The lowest BCUT2D eigenvalue weighted by atomic mass is 10.1. The number of benzene rings is 2. The number of amides is 2. The first-order valence-electron chi connectivity index (χ1n) is 8.86. The van der Waals surface area contributed by atoms with Crippen molar-refractivity contribution >= 4 is 29.3 Å². The van der Waals surface area contributed by atoms with Crippen molar-refractivity contribution in [3.63, 3.8) is 0 Å². The number of anilines is 1. The molecule has 0 aliphatic rings. The van der Waals surface area contributed by atoms with Crippen LogP contribution in [0.2, 0.25) is 0 Å². The van der Waals surface area contributed by atoms with Crippen LogP contribution in [0.1, 0.15) is 18.1 Å². The lowest BCUT2D eigenvalue weighted by Crippen LogP contribution is -2.36. The van der Waals surface area contributed by atoms with Crippen molar-refractivity contribution in [1.29, 1.82) is 0 Å². The highest BCUT2D eigenvalue weighted by Crippen LogP contribution is 2.22. The van der Waals surface area contributed by atoms with Crippen molar-refractivity contribution in [1.82, 2.24) is 4.90 Å². The Morgan fingerprint density at radius 1 is 1.11 bits per heavy atom. The second-order valence-corrected chi connectivity index (χ2v) is 7.29. The quantitative estimate of drug-likeness (QED) is 0.699. The molecule has 2 aromatic rings. The van der Waals surface area contributed by atoms with Gasteiger partial charge in [-0.1, -0.05) is 12.1 Å². The molecule has 0 atom stereocenters. The molecule has 0 aliphatic carbocycles. The first-order chi connectivity index (χ1) is 12.9. The van der Waals surface area contributed by atoms with E-state index in [0.29, 0.717) is 6.61 Å². The van der Waals surface area contributed by atoms with Crippen molar-refractivity contribution in [3.05, 3.63) is 53.6 Å². The Morgan fingerprint density at radius 2 is 1.81 bits per heavy atom. The van der Waals surface area contributed by atoms with Crippen molar-refractivity contribution in [2.75, 3.05) is 31.3 Å². The van der Waals surface area contributed by atoms with E-state index in [4.69, 9.17) is 4.74 Å². The number of carbonyl (C=O) groups is 2. The number of carbonyl (C=O) groups excluding carboxylic acids is 2. The number of thioether (sulfide) groups is 1. The largest absolute Gasteiger partial charge is 0.494 e. The van der Waals surface area contributed by atoms with Gasteiger partial charge in [0.2, 0.25) is 11.8 Å².